The number of fused-ring (bicyclic) bond motifs is 1. The molecular formula is C16H21NO3. The Hall–Kier alpha value is -1.39. The third kappa shape index (κ3) is 3.19. The fourth-order valence-electron chi connectivity index (χ4n) is 2.84. The number of ether oxygens (including phenoxy) is 2. The van der Waals surface area contributed by atoms with Gasteiger partial charge in [0.2, 0.25) is 0 Å². The molecule has 1 aromatic rings. The number of esters is 1. The summed E-state index contributed by atoms with van der Waals surface area (Å²) in [6.45, 7) is 1.91. The summed E-state index contributed by atoms with van der Waals surface area (Å²) in [4.78, 5) is 12.1. The zero-order valence-electron chi connectivity index (χ0n) is 11.6. The largest absolute Gasteiger partial charge is 0.462 e. The van der Waals surface area contributed by atoms with Crippen LogP contribution in [0.4, 0.5) is 0 Å². The van der Waals surface area contributed by atoms with Crippen LogP contribution in [0.5, 0.6) is 0 Å². The molecule has 0 amide bonds. The number of benzene rings is 1. The predicted molar refractivity (Wildman–Crippen MR) is 75.3 cm³/mol. The van der Waals surface area contributed by atoms with Gasteiger partial charge in [-0.15, -0.1) is 0 Å². The fraction of sp³-hybridized carbons (Fsp3) is 0.562. The molecule has 1 N–H and O–H groups in total. The van der Waals surface area contributed by atoms with E-state index in [-0.39, 0.29) is 18.1 Å². The second kappa shape index (κ2) is 6.37. The average molecular weight is 275 g/mol. The van der Waals surface area contributed by atoms with Crippen molar-refractivity contribution in [2.24, 2.45) is 0 Å². The molecule has 1 aromatic carbocycles. The van der Waals surface area contributed by atoms with E-state index in [1.807, 2.05) is 12.1 Å². The average Bonchev–Trinajstić information content (AvgIpc) is 2.53. The molecule has 108 valence electrons. The lowest BCUT2D eigenvalue weighted by atomic mass is 9.96. The number of rotatable bonds is 3. The van der Waals surface area contributed by atoms with Crippen molar-refractivity contribution < 1.29 is 14.3 Å². The lowest BCUT2D eigenvalue weighted by molar-refractivity contribution is -0.151. The van der Waals surface area contributed by atoms with Gasteiger partial charge in [-0.25, -0.2) is 0 Å². The quantitative estimate of drug-likeness (QED) is 0.855. The normalized spacial score (nSPS) is 25.8. The minimum Gasteiger partial charge on any atom is -0.462 e. The third-order valence-corrected chi connectivity index (χ3v) is 4.05. The van der Waals surface area contributed by atoms with Crippen molar-refractivity contribution in [3.05, 3.63) is 35.4 Å². The lowest BCUT2D eigenvalue weighted by Crippen LogP contribution is -2.43. The highest BCUT2D eigenvalue weighted by Crippen LogP contribution is 2.18. The first-order chi connectivity index (χ1) is 9.83. The van der Waals surface area contributed by atoms with E-state index in [0.29, 0.717) is 13.0 Å². The molecule has 1 unspecified atom stereocenters. The van der Waals surface area contributed by atoms with E-state index < -0.39 is 0 Å². The van der Waals surface area contributed by atoms with Gasteiger partial charge in [-0.05, 0) is 36.8 Å². The molecule has 0 bridgehead atoms. The smallest absolute Gasteiger partial charge is 0.323 e. The van der Waals surface area contributed by atoms with Gasteiger partial charge in [-0.3, -0.25) is 4.79 Å². The van der Waals surface area contributed by atoms with Crippen LogP contribution >= 0.6 is 0 Å². The van der Waals surface area contributed by atoms with Crippen molar-refractivity contribution >= 4 is 5.97 Å². The summed E-state index contributed by atoms with van der Waals surface area (Å²) in [7, 11) is 0. The van der Waals surface area contributed by atoms with E-state index in [9.17, 15) is 4.79 Å². The second-order valence-electron chi connectivity index (χ2n) is 5.52. The third-order valence-electron chi connectivity index (χ3n) is 4.05. The van der Waals surface area contributed by atoms with Crippen molar-refractivity contribution in [2.75, 3.05) is 13.2 Å². The summed E-state index contributed by atoms with van der Waals surface area (Å²) in [5, 5.41) is 3.25. The van der Waals surface area contributed by atoms with Crippen LogP contribution in [0, 0.1) is 0 Å². The van der Waals surface area contributed by atoms with Crippen LogP contribution in [0.15, 0.2) is 24.3 Å². The van der Waals surface area contributed by atoms with Crippen LogP contribution in [0.2, 0.25) is 0 Å². The minimum absolute atomic E-state index is 0.0866. The molecule has 0 spiro atoms. The van der Waals surface area contributed by atoms with Gasteiger partial charge in [0.15, 0.2) is 0 Å². The van der Waals surface area contributed by atoms with Crippen molar-refractivity contribution in [1.29, 1.82) is 0 Å². The van der Waals surface area contributed by atoms with E-state index in [4.69, 9.17) is 9.47 Å². The van der Waals surface area contributed by atoms with Gasteiger partial charge in [-0.1, -0.05) is 24.3 Å². The van der Waals surface area contributed by atoms with E-state index in [1.54, 1.807) is 0 Å². The molecule has 1 saturated heterocycles. The van der Waals surface area contributed by atoms with Crippen molar-refractivity contribution in [3.63, 3.8) is 0 Å². The van der Waals surface area contributed by atoms with Gasteiger partial charge in [0.1, 0.15) is 12.6 Å². The zero-order valence-corrected chi connectivity index (χ0v) is 11.6. The second-order valence-corrected chi connectivity index (χ2v) is 5.52. The molecule has 2 aliphatic rings. The molecule has 0 radical (unpaired) electrons. The number of carbonyl (C=O) groups excluding carboxylic acids is 1. The molecule has 20 heavy (non-hydrogen) atoms. The maximum Gasteiger partial charge on any atom is 0.323 e. The van der Waals surface area contributed by atoms with Gasteiger partial charge < -0.3 is 14.8 Å². The van der Waals surface area contributed by atoms with E-state index in [2.05, 4.69) is 17.4 Å². The maximum absolute atomic E-state index is 12.1. The van der Waals surface area contributed by atoms with Gasteiger partial charge in [0, 0.05) is 13.2 Å². The number of hydrogen-bond acceptors (Lipinski definition) is 4. The van der Waals surface area contributed by atoms with E-state index in [0.717, 1.165) is 32.4 Å². The molecule has 2 aliphatic heterocycles. The Morgan fingerprint density at radius 1 is 1.30 bits per heavy atom. The standard InChI is InChI=1S/C16H21NO3/c18-16(20-11-14-7-3-4-8-19-14)15-9-12-5-1-2-6-13(12)10-17-15/h1-2,5-6,14-15,17H,3-4,7-11H2/t14?,15-/m1/s1. The summed E-state index contributed by atoms with van der Waals surface area (Å²) >= 11 is 0. The Morgan fingerprint density at radius 3 is 2.95 bits per heavy atom. The molecule has 2 atom stereocenters. The van der Waals surface area contributed by atoms with E-state index in [1.165, 1.54) is 11.1 Å². The van der Waals surface area contributed by atoms with Crippen LogP contribution < -0.4 is 5.32 Å². The molecule has 2 heterocycles. The van der Waals surface area contributed by atoms with Gasteiger partial charge in [0.25, 0.3) is 0 Å². The highest BCUT2D eigenvalue weighted by Gasteiger charge is 2.26. The van der Waals surface area contributed by atoms with Gasteiger partial charge >= 0.3 is 5.97 Å². The molecule has 0 saturated carbocycles. The number of nitrogens with one attached hydrogen (secondary N) is 1. The van der Waals surface area contributed by atoms with Crippen LogP contribution in [0.25, 0.3) is 0 Å². The summed E-state index contributed by atoms with van der Waals surface area (Å²) in [6, 6.07) is 8.00. The first kappa shape index (κ1) is 13.6. The van der Waals surface area contributed by atoms with Crippen molar-refractivity contribution in [3.8, 4) is 0 Å². The highest BCUT2D eigenvalue weighted by atomic mass is 16.6. The Balaban J connectivity index is 1.51. The first-order valence-electron chi connectivity index (χ1n) is 7.41. The Bertz CT molecular complexity index is 469. The summed E-state index contributed by atoms with van der Waals surface area (Å²) in [6.07, 6.45) is 4.07. The Morgan fingerprint density at radius 2 is 2.15 bits per heavy atom. The van der Waals surface area contributed by atoms with Gasteiger partial charge in [-0.2, -0.15) is 0 Å². The summed E-state index contributed by atoms with van der Waals surface area (Å²) in [5.41, 5.74) is 2.51. The van der Waals surface area contributed by atoms with Crippen LogP contribution in [-0.4, -0.2) is 31.3 Å². The van der Waals surface area contributed by atoms with E-state index >= 15 is 0 Å². The van der Waals surface area contributed by atoms with Crippen molar-refractivity contribution in [1.82, 2.24) is 5.32 Å². The van der Waals surface area contributed by atoms with Crippen LogP contribution in [0.1, 0.15) is 30.4 Å². The Kier molecular flexibility index (Phi) is 4.33. The van der Waals surface area contributed by atoms with Gasteiger partial charge in [0.05, 0.1) is 6.10 Å². The molecule has 3 rings (SSSR count). The first-order valence-corrected chi connectivity index (χ1v) is 7.41. The predicted octanol–water partition coefficient (Wildman–Crippen LogP) is 1.81. The topological polar surface area (TPSA) is 47.6 Å². The molecular weight excluding hydrogens is 254 g/mol. The SMILES string of the molecule is O=C(OCC1CCCCO1)[C@H]1Cc2ccccc2CN1. The maximum atomic E-state index is 12.1. The zero-order chi connectivity index (χ0) is 13.8. The van der Waals surface area contributed by atoms with Crippen molar-refractivity contribution in [2.45, 2.75) is 44.4 Å². The molecule has 0 aromatic heterocycles. The fourth-order valence-corrected chi connectivity index (χ4v) is 2.84. The highest BCUT2D eigenvalue weighted by molar-refractivity contribution is 5.76. The minimum atomic E-state index is -0.228. The summed E-state index contributed by atoms with van der Waals surface area (Å²) < 4.78 is 11.0. The molecule has 4 nitrogen and oxygen atoms in total. The molecule has 1 fully saturated rings. The Labute approximate surface area is 119 Å². The number of hydrogen-bond donors (Lipinski definition) is 1. The lowest BCUT2D eigenvalue weighted by Gasteiger charge is -2.26. The monoisotopic (exact) mass is 275 g/mol. The van der Waals surface area contributed by atoms with Crippen LogP contribution in [0.3, 0.4) is 0 Å². The molecule has 0 aliphatic carbocycles. The van der Waals surface area contributed by atoms with Crippen LogP contribution in [-0.2, 0) is 27.2 Å². The number of carbonyl (C=O) groups is 1. The summed E-state index contributed by atoms with van der Waals surface area (Å²) in [5.74, 6) is -0.159. The molecule has 4 heteroatoms.